The van der Waals surface area contributed by atoms with Crippen molar-refractivity contribution in [2.24, 2.45) is 7.05 Å². The normalized spacial score (nSPS) is 12.2. The smallest absolute Gasteiger partial charge is 0.156 e. The molecule has 0 aliphatic rings. The molecular weight excluding hydrogens is 335 g/mol. The van der Waals surface area contributed by atoms with Crippen LogP contribution in [-0.4, -0.2) is 21.4 Å². The summed E-state index contributed by atoms with van der Waals surface area (Å²) in [6.45, 7) is 6.68. The van der Waals surface area contributed by atoms with E-state index in [2.05, 4.69) is 28.9 Å². The number of nitrogens with zero attached hydrogens (tertiary/aromatic N) is 3. The van der Waals surface area contributed by atoms with Gasteiger partial charge >= 0.3 is 0 Å². The molecule has 0 saturated carbocycles. The zero-order chi connectivity index (χ0) is 16.8. The highest BCUT2D eigenvalue weighted by Crippen LogP contribution is 2.34. The van der Waals surface area contributed by atoms with Crippen molar-refractivity contribution < 1.29 is 4.74 Å². The Morgan fingerprint density at radius 3 is 2.61 bits per heavy atom. The molecule has 0 spiro atoms. The lowest BCUT2D eigenvalue weighted by Crippen LogP contribution is -2.23. The molecule has 1 aromatic heterocycles. The van der Waals surface area contributed by atoms with Gasteiger partial charge in [-0.1, -0.05) is 42.8 Å². The van der Waals surface area contributed by atoms with E-state index in [4.69, 9.17) is 27.9 Å². The van der Waals surface area contributed by atoms with Crippen LogP contribution in [0.5, 0.6) is 5.75 Å². The lowest BCUT2D eigenvalue weighted by Gasteiger charge is -2.17. The number of aryl methyl sites for hydroxylation is 1. The summed E-state index contributed by atoms with van der Waals surface area (Å²) in [4.78, 5) is 4.29. The van der Waals surface area contributed by atoms with E-state index in [1.165, 1.54) is 0 Å². The third-order valence-corrected chi connectivity index (χ3v) is 3.98. The Kier molecular flexibility index (Phi) is 6.45. The first-order valence-corrected chi connectivity index (χ1v) is 8.11. The van der Waals surface area contributed by atoms with Crippen LogP contribution in [0.25, 0.3) is 0 Å². The van der Waals surface area contributed by atoms with E-state index in [0.717, 1.165) is 17.8 Å². The minimum absolute atomic E-state index is 0.108. The van der Waals surface area contributed by atoms with Crippen LogP contribution in [0.3, 0.4) is 0 Å². The van der Waals surface area contributed by atoms with Gasteiger partial charge in [0.25, 0.3) is 0 Å². The number of hydrogen-bond acceptors (Lipinski definition) is 4. The fourth-order valence-corrected chi connectivity index (χ4v) is 2.92. The molecule has 0 aliphatic carbocycles. The molecule has 1 N–H and O–H groups in total. The second-order valence-electron chi connectivity index (χ2n) is 5.07. The molecule has 1 aromatic carbocycles. The van der Waals surface area contributed by atoms with Gasteiger partial charge in [-0.2, -0.15) is 5.10 Å². The van der Waals surface area contributed by atoms with Gasteiger partial charge in [0.2, 0.25) is 0 Å². The minimum Gasteiger partial charge on any atom is -0.486 e. The van der Waals surface area contributed by atoms with Crippen LogP contribution in [0.1, 0.15) is 30.8 Å². The fraction of sp³-hybridized carbons (Fsp3) is 0.375. The molecule has 1 atom stereocenters. The molecule has 0 radical (unpaired) electrons. The van der Waals surface area contributed by atoms with Gasteiger partial charge in [-0.3, -0.25) is 4.68 Å². The maximum Gasteiger partial charge on any atom is 0.156 e. The molecule has 7 heteroatoms. The second-order valence-corrected chi connectivity index (χ2v) is 5.89. The monoisotopic (exact) mass is 354 g/mol. The van der Waals surface area contributed by atoms with Crippen LogP contribution in [0.15, 0.2) is 31.1 Å². The molecule has 0 bridgehead atoms. The van der Waals surface area contributed by atoms with E-state index in [1.807, 2.05) is 19.2 Å². The quantitative estimate of drug-likeness (QED) is 0.729. The molecule has 2 rings (SSSR count). The van der Waals surface area contributed by atoms with Crippen molar-refractivity contribution in [2.45, 2.75) is 25.9 Å². The molecule has 0 amide bonds. The highest BCUT2D eigenvalue weighted by molar-refractivity contribution is 6.37. The molecule has 23 heavy (non-hydrogen) atoms. The first-order chi connectivity index (χ1) is 11.1. The lowest BCUT2D eigenvalue weighted by molar-refractivity contribution is 0.363. The molecule has 1 heterocycles. The van der Waals surface area contributed by atoms with Crippen molar-refractivity contribution in [3.63, 3.8) is 0 Å². The highest BCUT2D eigenvalue weighted by atomic mass is 35.5. The molecular formula is C16H20Cl2N4O. The van der Waals surface area contributed by atoms with Crippen LogP contribution in [-0.2, 0) is 13.6 Å². The Bertz CT molecular complexity index is 649. The van der Waals surface area contributed by atoms with Crippen LogP contribution < -0.4 is 10.1 Å². The van der Waals surface area contributed by atoms with E-state index >= 15 is 0 Å². The summed E-state index contributed by atoms with van der Waals surface area (Å²) >= 11 is 12.5. The molecule has 0 unspecified atom stereocenters. The first kappa shape index (κ1) is 17.8. The van der Waals surface area contributed by atoms with Crippen molar-refractivity contribution in [2.75, 3.05) is 6.61 Å². The first-order valence-electron chi connectivity index (χ1n) is 7.35. The molecule has 0 fully saturated rings. The average Bonchev–Trinajstić information content (AvgIpc) is 2.93. The number of nitrogens with one attached hydrogen (secondary N) is 1. The Labute approximate surface area is 146 Å². The largest absolute Gasteiger partial charge is 0.486 e. The van der Waals surface area contributed by atoms with Crippen molar-refractivity contribution in [3.05, 3.63) is 52.5 Å². The maximum absolute atomic E-state index is 6.25. The predicted octanol–water partition coefficient (Wildman–Crippen LogP) is 3.93. The van der Waals surface area contributed by atoms with Crippen LogP contribution >= 0.6 is 23.2 Å². The van der Waals surface area contributed by atoms with E-state index < -0.39 is 0 Å². The Morgan fingerprint density at radius 1 is 1.39 bits per heavy atom. The van der Waals surface area contributed by atoms with Crippen molar-refractivity contribution >= 4 is 23.2 Å². The lowest BCUT2D eigenvalue weighted by atomic mass is 10.1. The van der Waals surface area contributed by atoms with E-state index in [0.29, 0.717) is 28.9 Å². The molecule has 124 valence electrons. The van der Waals surface area contributed by atoms with Crippen molar-refractivity contribution in [3.8, 4) is 5.75 Å². The molecule has 2 aromatic rings. The summed E-state index contributed by atoms with van der Waals surface area (Å²) in [5.41, 5.74) is 0.978. The van der Waals surface area contributed by atoms with Gasteiger partial charge in [0.05, 0.1) is 16.1 Å². The van der Waals surface area contributed by atoms with Crippen LogP contribution in [0.4, 0.5) is 0 Å². The summed E-state index contributed by atoms with van der Waals surface area (Å²) in [5, 5.41) is 8.53. The highest BCUT2D eigenvalue weighted by Gasteiger charge is 2.15. The number of rotatable bonds is 8. The summed E-state index contributed by atoms with van der Waals surface area (Å²) in [5.74, 6) is 1.38. The average molecular weight is 355 g/mol. The van der Waals surface area contributed by atoms with Crippen molar-refractivity contribution in [1.82, 2.24) is 20.1 Å². The fourth-order valence-electron chi connectivity index (χ4n) is 2.27. The van der Waals surface area contributed by atoms with Gasteiger partial charge in [-0.25, -0.2) is 4.98 Å². The van der Waals surface area contributed by atoms with E-state index in [1.54, 1.807) is 17.1 Å². The number of ether oxygens (including phenoxy) is 1. The summed E-state index contributed by atoms with van der Waals surface area (Å²) in [6.07, 6.45) is 4.10. The second kappa shape index (κ2) is 8.34. The van der Waals surface area contributed by atoms with E-state index in [-0.39, 0.29) is 6.04 Å². The topological polar surface area (TPSA) is 52.0 Å². The predicted molar refractivity (Wildman–Crippen MR) is 93.0 cm³/mol. The van der Waals surface area contributed by atoms with Crippen LogP contribution in [0.2, 0.25) is 10.0 Å². The third-order valence-electron chi connectivity index (χ3n) is 3.42. The number of halogens is 2. The maximum atomic E-state index is 6.25. The van der Waals surface area contributed by atoms with Gasteiger partial charge in [0, 0.05) is 13.6 Å². The Morgan fingerprint density at radius 2 is 2.09 bits per heavy atom. The summed E-state index contributed by atoms with van der Waals surface area (Å²) in [7, 11) is 1.88. The van der Waals surface area contributed by atoms with Gasteiger partial charge in [0.15, 0.2) is 5.75 Å². The van der Waals surface area contributed by atoms with Crippen molar-refractivity contribution in [1.29, 1.82) is 0 Å². The van der Waals surface area contributed by atoms with Gasteiger partial charge in [0.1, 0.15) is 18.8 Å². The number of benzene rings is 1. The molecule has 5 nitrogen and oxygen atoms in total. The van der Waals surface area contributed by atoms with Gasteiger partial charge < -0.3 is 10.1 Å². The van der Waals surface area contributed by atoms with Gasteiger partial charge in [-0.15, -0.1) is 0 Å². The summed E-state index contributed by atoms with van der Waals surface area (Å²) in [6, 6.07) is 3.81. The third kappa shape index (κ3) is 4.47. The Balaban J connectivity index is 2.08. The van der Waals surface area contributed by atoms with E-state index in [9.17, 15) is 0 Å². The SMILES string of the molecule is C=CCOc1c(Cl)cc(CN[C@H](CC)c2ncnn2C)cc1Cl. The number of hydrogen-bond donors (Lipinski definition) is 1. The minimum atomic E-state index is 0.108. The zero-order valence-electron chi connectivity index (χ0n) is 13.2. The summed E-state index contributed by atoms with van der Waals surface area (Å²) < 4.78 is 7.24. The molecule has 0 aliphatic heterocycles. The van der Waals surface area contributed by atoms with Crippen LogP contribution in [0, 0.1) is 0 Å². The standard InChI is InChI=1S/C16H20Cl2N4O/c1-4-6-23-15-12(17)7-11(8-13(15)18)9-19-14(5-2)16-20-10-21-22(16)3/h4,7-8,10,14,19H,1,5-6,9H2,2-3H3/t14-/m1/s1. The Hall–Kier alpha value is -1.56. The van der Waals surface area contributed by atoms with Gasteiger partial charge in [-0.05, 0) is 24.1 Å². The number of aromatic nitrogens is 3. The zero-order valence-corrected chi connectivity index (χ0v) is 14.7. The molecule has 0 saturated heterocycles.